The van der Waals surface area contributed by atoms with Gasteiger partial charge in [-0.3, -0.25) is 0 Å². The molecule has 3 aliphatic carbocycles. The van der Waals surface area contributed by atoms with E-state index < -0.39 is 0 Å². The molecule has 3 saturated carbocycles. The molecule has 1 heteroatoms. The lowest BCUT2D eigenvalue weighted by Crippen LogP contribution is -2.32. The van der Waals surface area contributed by atoms with E-state index in [2.05, 4.69) is 12.6 Å². The second kappa shape index (κ2) is 2.67. The molecule has 2 bridgehead atoms. The van der Waals surface area contributed by atoms with Crippen molar-refractivity contribution in [2.45, 2.75) is 43.8 Å². The Bertz CT molecular complexity index is 187. The molecule has 5 atom stereocenters. The van der Waals surface area contributed by atoms with Crippen LogP contribution >= 0.6 is 0 Å². The zero-order valence-corrected chi connectivity index (χ0v) is 8.63. The summed E-state index contributed by atoms with van der Waals surface area (Å²) in [4.78, 5) is 0. The van der Waals surface area contributed by atoms with E-state index in [9.17, 15) is 0 Å². The van der Waals surface area contributed by atoms with Crippen molar-refractivity contribution in [3.05, 3.63) is 0 Å². The third kappa shape index (κ3) is 0.921. The van der Waals surface area contributed by atoms with Gasteiger partial charge in [0.1, 0.15) is 5.25 Å². The van der Waals surface area contributed by atoms with E-state index in [-0.39, 0.29) is 0 Å². The van der Waals surface area contributed by atoms with Gasteiger partial charge in [0.25, 0.3) is 0 Å². The van der Waals surface area contributed by atoms with Gasteiger partial charge < -0.3 is 0 Å². The van der Waals surface area contributed by atoms with Crippen LogP contribution in [0.5, 0.6) is 0 Å². The number of hydrogen-bond donors (Lipinski definition) is 0. The molecule has 0 aromatic carbocycles. The van der Waals surface area contributed by atoms with Crippen LogP contribution < -0.4 is 0 Å². The van der Waals surface area contributed by atoms with E-state index in [1.165, 1.54) is 19.3 Å². The van der Waals surface area contributed by atoms with Gasteiger partial charge >= 0.3 is 0 Å². The van der Waals surface area contributed by atoms with Crippen LogP contribution in [0.2, 0.25) is 0 Å². The molecule has 3 rings (SSSR count). The molecule has 0 saturated heterocycles. The van der Waals surface area contributed by atoms with E-state index in [4.69, 9.17) is 0 Å². The van der Waals surface area contributed by atoms with Crippen molar-refractivity contribution in [3.63, 3.8) is 0 Å². The summed E-state index contributed by atoms with van der Waals surface area (Å²) in [7, 11) is 0. The number of hydrogen-bond acceptors (Lipinski definition) is 0. The van der Waals surface area contributed by atoms with Crippen molar-refractivity contribution in [1.82, 2.24) is 0 Å². The Balaban J connectivity index is 1.84. The molecule has 0 N–H and O–H groups in total. The van der Waals surface area contributed by atoms with Crippen molar-refractivity contribution in [1.29, 1.82) is 0 Å². The van der Waals surface area contributed by atoms with Crippen LogP contribution in [0.1, 0.15) is 38.5 Å². The topological polar surface area (TPSA) is 0 Å². The predicted molar refractivity (Wildman–Crippen MR) is 55.6 cm³/mol. The lowest BCUT2D eigenvalue weighted by molar-refractivity contribution is 0.163. The van der Waals surface area contributed by atoms with Crippen LogP contribution in [-0.4, -0.2) is 5.25 Å². The van der Waals surface area contributed by atoms with Gasteiger partial charge in [0.2, 0.25) is 0 Å². The highest BCUT2D eigenvalue weighted by atomic mass is 32.1. The van der Waals surface area contributed by atoms with E-state index in [0.29, 0.717) is 0 Å². The van der Waals surface area contributed by atoms with Crippen molar-refractivity contribution >= 4 is 12.6 Å². The summed E-state index contributed by atoms with van der Waals surface area (Å²) in [6, 6.07) is 0. The second-order valence-electron chi connectivity index (χ2n) is 5.11. The molecule has 0 spiro atoms. The summed E-state index contributed by atoms with van der Waals surface area (Å²) >= 11 is 3.91. The molecule has 0 heterocycles. The van der Waals surface area contributed by atoms with Gasteiger partial charge in [0.05, 0.1) is 0 Å². The molecule has 3 fully saturated rings. The van der Waals surface area contributed by atoms with Gasteiger partial charge in [-0.15, -0.1) is 0 Å². The minimum Gasteiger partial charge on any atom is -0.0530 e. The van der Waals surface area contributed by atoms with Crippen LogP contribution in [0.25, 0.3) is 0 Å². The maximum atomic E-state index is 3.91. The minimum absolute atomic E-state index is 0.884. The highest BCUT2D eigenvalue weighted by Gasteiger charge is 2.53. The summed E-state index contributed by atoms with van der Waals surface area (Å²) in [5.41, 5.74) is 0. The highest BCUT2D eigenvalue weighted by Crippen LogP contribution is 2.57. The van der Waals surface area contributed by atoms with E-state index in [0.717, 1.165) is 28.9 Å². The Morgan fingerprint density at radius 1 is 0.833 bits per heavy atom. The molecule has 0 amide bonds. The molecular formula is C11H19S+. The Morgan fingerprint density at radius 2 is 1.58 bits per heavy atom. The molecule has 3 aliphatic rings. The molecule has 0 radical (unpaired) electrons. The Hall–Kier alpha value is 0.350. The average Bonchev–Trinajstić information content (AvgIpc) is 2.62. The molecule has 0 nitrogen and oxygen atoms in total. The number of rotatable bonds is 0. The number of fused-ring (bicyclic) bond motifs is 5. The quantitative estimate of drug-likeness (QED) is 0.505. The fourth-order valence-corrected chi connectivity index (χ4v) is 4.92. The first-order valence-corrected chi connectivity index (χ1v) is 6.15. The first kappa shape index (κ1) is 7.73. The second-order valence-corrected chi connectivity index (χ2v) is 5.86. The SMILES string of the molecule is [SH2+]C1CC2CC1C1CCCCC21. The molecule has 68 valence electrons. The summed E-state index contributed by atoms with van der Waals surface area (Å²) in [5, 5.41) is 0.884. The smallest absolute Gasteiger partial charge is 0.0530 e. The predicted octanol–water partition coefficient (Wildman–Crippen LogP) is 2.21. The van der Waals surface area contributed by atoms with Gasteiger partial charge in [-0.25, -0.2) is 0 Å². The van der Waals surface area contributed by atoms with Crippen molar-refractivity contribution in [2.75, 3.05) is 0 Å². The van der Waals surface area contributed by atoms with Crippen LogP contribution in [-0.2, 0) is 12.6 Å². The zero-order chi connectivity index (χ0) is 8.13. The average molecular weight is 183 g/mol. The van der Waals surface area contributed by atoms with E-state index in [1.807, 2.05) is 0 Å². The minimum atomic E-state index is 0.884. The van der Waals surface area contributed by atoms with Gasteiger partial charge in [-0.2, -0.15) is 0 Å². The summed E-state index contributed by atoms with van der Waals surface area (Å²) in [6.07, 6.45) is 9.20. The highest BCUT2D eigenvalue weighted by molar-refractivity contribution is 7.59. The lowest BCUT2D eigenvalue weighted by Gasteiger charge is -2.35. The van der Waals surface area contributed by atoms with Gasteiger partial charge in [0.15, 0.2) is 0 Å². The zero-order valence-electron chi connectivity index (χ0n) is 7.63. The molecule has 5 unspecified atom stereocenters. The van der Waals surface area contributed by atoms with Crippen LogP contribution in [0.3, 0.4) is 0 Å². The standard InChI is InChI=1S/C11H18S/c12-11-6-7-5-10(11)9-4-2-1-3-8(7)9/h7-12H,1-6H2/p+1. The molecule has 12 heavy (non-hydrogen) atoms. The fraction of sp³-hybridized carbons (Fsp3) is 1.00. The molecule has 0 aliphatic heterocycles. The fourth-order valence-electron chi connectivity index (χ4n) is 4.24. The first-order valence-electron chi connectivity index (χ1n) is 5.57. The van der Waals surface area contributed by atoms with E-state index >= 15 is 0 Å². The monoisotopic (exact) mass is 183 g/mol. The third-order valence-corrected chi connectivity index (χ3v) is 5.34. The third-order valence-electron chi connectivity index (χ3n) is 4.68. The molecule has 0 aromatic heterocycles. The van der Waals surface area contributed by atoms with Crippen LogP contribution in [0, 0.1) is 23.7 Å². The summed E-state index contributed by atoms with van der Waals surface area (Å²) < 4.78 is 0. The Morgan fingerprint density at radius 3 is 2.42 bits per heavy atom. The van der Waals surface area contributed by atoms with Gasteiger partial charge in [-0.05, 0) is 56.1 Å². The van der Waals surface area contributed by atoms with E-state index in [1.54, 1.807) is 19.3 Å². The maximum Gasteiger partial charge on any atom is 0.117 e. The van der Waals surface area contributed by atoms with Crippen molar-refractivity contribution < 1.29 is 0 Å². The Labute approximate surface area is 80.5 Å². The largest absolute Gasteiger partial charge is 0.117 e. The van der Waals surface area contributed by atoms with Gasteiger partial charge in [-0.1, -0.05) is 12.8 Å². The summed E-state index contributed by atoms with van der Waals surface area (Å²) in [5.74, 6) is 4.45. The molecular weight excluding hydrogens is 164 g/mol. The lowest BCUT2D eigenvalue weighted by atomic mass is 9.71. The molecule has 0 aromatic rings. The normalized spacial score (nSPS) is 57.2. The Kier molecular flexibility index (Phi) is 1.72. The van der Waals surface area contributed by atoms with Gasteiger partial charge in [0, 0.05) is 5.92 Å². The first-order chi connectivity index (χ1) is 5.86. The van der Waals surface area contributed by atoms with Crippen molar-refractivity contribution in [3.8, 4) is 0 Å². The summed E-state index contributed by atoms with van der Waals surface area (Å²) in [6.45, 7) is 0. The van der Waals surface area contributed by atoms with Crippen LogP contribution in [0.15, 0.2) is 0 Å². The van der Waals surface area contributed by atoms with Crippen molar-refractivity contribution in [2.24, 2.45) is 23.7 Å². The van der Waals surface area contributed by atoms with Crippen LogP contribution in [0.4, 0.5) is 0 Å². The maximum absolute atomic E-state index is 3.91.